The van der Waals surface area contributed by atoms with Gasteiger partial charge in [0.2, 0.25) is 0 Å². The molecule has 0 saturated carbocycles. The van der Waals surface area contributed by atoms with Crippen molar-refractivity contribution in [2.24, 2.45) is 5.92 Å². The first-order chi connectivity index (χ1) is 7.50. The summed E-state index contributed by atoms with van der Waals surface area (Å²) in [6, 6.07) is 8.69. The molecule has 0 aliphatic rings. The average molecular weight is 218 g/mol. The van der Waals surface area contributed by atoms with E-state index in [4.69, 9.17) is 0 Å². The minimum Gasteiger partial charge on any atom is -0.300 e. The Morgan fingerprint density at radius 1 is 1.19 bits per heavy atom. The zero-order valence-electron chi connectivity index (χ0n) is 10.8. The maximum atomic E-state index is 11.1. The zero-order chi connectivity index (χ0) is 12.1. The molecule has 16 heavy (non-hydrogen) atoms. The second kappa shape index (κ2) is 5.83. The third kappa shape index (κ3) is 3.80. The molecule has 1 atom stereocenters. The van der Waals surface area contributed by atoms with Gasteiger partial charge in [-0.2, -0.15) is 0 Å². The monoisotopic (exact) mass is 218 g/mol. The fourth-order valence-corrected chi connectivity index (χ4v) is 2.06. The third-order valence-corrected chi connectivity index (χ3v) is 3.12. The van der Waals surface area contributed by atoms with E-state index in [1.165, 1.54) is 11.1 Å². The summed E-state index contributed by atoms with van der Waals surface area (Å²) in [5.74, 6) is 1.38. The van der Waals surface area contributed by atoms with E-state index in [1.54, 1.807) is 6.92 Å². The van der Waals surface area contributed by atoms with Crippen molar-refractivity contribution in [2.75, 3.05) is 0 Å². The first-order valence-electron chi connectivity index (χ1n) is 6.06. The molecule has 0 bridgehead atoms. The van der Waals surface area contributed by atoms with Crippen molar-refractivity contribution < 1.29 is 4.79 Å². The lowest BCUT2D eigenvalue weighted by Crippen LogP contribution is -2.08. The summed E-state index contributed by atoms with van der Waals surface area (Å²) >= 11 is 0. The molecule has 0 saturated heterocycles. The minimum atomic E-state index is 0.290. The average Bonchev–Trinajstić information content (AvgIpc) is 2.20. The number of hydrogen-bond acceptors (Lipinski definition) is 1. The second-order valence-electron chi connectivity index (χ2n) is 5.00. The molecular formula is C15H22O. The minimum absolute atomic E-state index is 0.290. The Hall–Kier alpha value is -1.11. The van der Waals surface area contributed by atoms with Gasteiger partial charge in [-0.1, -0.05) is 43.7 Å². The van der Waals surface area contributed by atoms with E-state index in [9.17, 15) is 4.79 Å². The van der Waals surface area contributed by atoms with Crippen LogP contribution in [0.5, 0.6) is 0 Å². The van der Waals surface area contributed by atoms with Crippen LogP contribution in [-0.2, 0) is 4.79 Å². The molecule has 1 aromatic rings. The van der Waals surface area contributed by atoms with E-state index in [0.717, 1.165) is 6.42 Å². The molecule has 1 heteroatoms. The van der Waals surface area contributed by atoms with Crippen LogP contribution in [0.1, 0.15) is 50.7 Å². The van der Waals surface area contributed by atoms with Gasteiger partial charge in [0.1, 0.15) is 5.78 Å². The first-order valence-corrected chi connectivity index (χ1v) is 6.06. The van der Waals surface area contributed by atoms with E-state index >= 15 is 0 Å². The number of rotatable bonds is 5. The largest absolute Gasteiger partial charge is 0.300 e. The Labute approximate surface area is 98.9 Å². The highest BCUT2D eigenvalue weighted by Crippen LogP contribution is 2.29. The molecule has 0 spiro atoms. The van der Waals surface area contributed by atoms with Crippen molar-refractivity contribution in [1.29, 1.82) is 0 Å². The van der Waals surface area contributed by atoms with Gasteiger partial charge >= 0.3 is 0 Å². The van der Waals surface area contributed by atoms with Gasteiger partial charge in [0, 0.05) is 6.42 Å². The molecule has 88 valence electrons. The lowest BCUT2D eigenvalue weighted by atomic mass is 9.84. The highest BCUT2D eigenvalue weighted by atomic mass is 16.1. The Bertz CT molecular complexity index is 335. The van der Waals surface area contributed by atoms with Crippen molar-refractivity contribution in [2.45, 2.75) is 46.5 Å². The second-order valence-corrected chi connectivity index (χ2v) is 5.00. The van der Waals surface area contributed by atoms with Gasteiger partial charge in [0.05, 0.1) is 0 Å². The molecule has 0 fully saturated rings. The standard InChI is InChI=1S/C15H22O/c1-11(2)15(10-7-13(4)16)14-8-5-12(3)6-9-14/h5-6,8-9,11,15H,7,10H2,1-4H3. The lowest BCUT2D eigenvalue weighted by Gasteiger charge is -2.21. The predicted molar refractivity (Wildman–Crippen MR) is 68.7 cm³/mol. The van der Waals surface area contributed by atoms with E-state index in [1.807, 2.05) is 0 Å². The van der Waals surface area contributed by atoms with Crippen LogP contribution in [0.4, 0.5) is 0 Å². The molecule has 0 heterocycles. The number of ketones is 1. The number of benzene rings is 1. The van der Waals surface area contributed by atoms with Crippen LogP contribution in [0, 0.1) is 12.8 Å². The third-order valence-electron chi connectivity index (χ3n) is 3.12. The number of carbonyl (C=O) groups is 1. The fourth-order valence-electron chi connectivity index (χ4n) is 2.06. The Morgan fingerprint density at radius 2 is 1.75 bits per heavy atom. The zero-order valence-corrected chi connectivity index (χ0v) is 10.8. The van der Waals surface area contributed by atoms with Crippen molar-refractivity contribution >= 4 is 5.78 Å². The molecule has 0 aliphatic heterocycles. The number of Topliss-reactive ketones (excluding diaryl/α,β-unsaturated/α-hetero) is 1. The molecule has 0 amide bonds. The summed E-state index contributed by atoms with van der Waals surface area (Å²) in [5.41, 5.74) is 2.65. The SMILES string of the molecule is CC(=O)CCC(c1ccc(C)cc1)C(C)C. The van der Waals surface area contributed by atoms with Crippen molar-refractivity contribution in [1.82, 2.24) is 0 Å². The van der Waals surface area contributed by atoms with Gasteiger partial charge in [-0.3, -0.25) is 0 Å². The molecular weight excluding hydrogens is 196 g/mol. The topological polar surface area (TPSA) is 17.1 Å². The molecule has 1 nitrogen and oxygen atoms in total. The molecule has 1 unspecified atom stereocenters. The predicted octanol–water partition coefficient (Wildman–Crippen LogP) is 4.10. The van der Waals surface area contributed by atoms with Crippen LogP contribution >= 0.6 is 0 Å². The van der Waals surface area contributed by atoms with E-state index in [0.29, 0.717) is 18.3 Å². The summed E-state index contributed by atoms with van der Waals surface area (Å²) in [5, 5.41) is 0. The van der Waals surface area contributed by atoms with Crippen molar-refractivity contribution in [3.05, 3.63) is 35.4 Å². The summed E-state index contributed by atoms with van der Waals surface area (Å²) in [7, 11) is 0. The number of carbonyl (C=O) groups excluding carboxylic acids is 1. The van der Waals surface area contributed by atoms with Crippen LogP contribution in [-0.4, -0.2) is 5.78 Å². The maximum absolute atomic E-state index is 11.1. The van der Waals surface area contributed by atoms with Crippen molar-refractivity contribution in [3.8, 4) is 0 Å². The summed E-state index contributed by atoms with van der Waals surface area (Å²) in [6.45, 7) is 8.23. The molecule has 0 aliphatic carbocycles. The van der Waals surface area contributed by atoms with Crippen LogP contribution in [0.15, 0.2) is 24.3 Å². The van der Waals surface area contributed by atoms with Crippen LogP contribution in [0.3, 0.4) is 0 Å². The fraction of sp³-hybridized carbons (Fsp3) is 0.533. The quantitative estimate of drug-likeness (QED) is 0.727. The summed E-state index contributed by atoms with van der Waals surface area (Å²) < 4.78 is 0. The molecule has 1 aromatic carbocycles. The normalized spacial score (nSPS) is 12.8. The van der Waals surface area contributed by atoms with Crippen molar-refractivity contribution in [3.63, 3.8) is 0 Å². The van der Waals surface area contributed by atoms with Gasteiger partial charge in [-0.25, -0.2) is 0 Å². The van der Waals surface area contributed by atoms with Crippen LogP contribution in [0.2, 0.25) is 0 Å². The molecule has 1 rings (SSSR count). The van der Waals surface area contributed by atoms with Gasteiger partial charge in [0.15, 0.2) is 0 Å². The van der Waals surface area contributed by atoms with Gasteiger partial charge in [-0.15, -0.1) is 0 Å². The summed E-state index contributed by atoms with van der Waals surface area (Å²) in [6.07, 6.45) is 1.66. The Kier molecular flexibility index (Phi) is 4.72. The molecule has 0 N–H and O–H groups in total. The van der Waals surface area contributed by atoms with Gasteiger partial charge in [-0.05, 0) is 37.7 Å². The maximum Gasteiger partial charge on any atom is 0.129 e. The summed E-state index contributed by atoms with van der Waals surface area (Å²) in [4.78, 5) is 11.1. The van der Waals surface area contributed by atoms with Crippen LogP contribution < -0.4 is 0 Å². The Balaban J connectivity index is 2.77. The first kappa shape index (κ1) is 13.0. The van der Waals surface area contributed by atoms with E-state index in [2.05, 4.69) is 45.0 Å². The van der Waals surface area contributed by atoms with Gasteiger partial charge in [0.25, 0.3) is 0 Å². The van der Waals surface area contributed by atoms with Crippen LogP contribution in [0.25, 0.3) is 0 Å². The highest BCUT2D eigenvalue weighted by Gasteiger charge is 2.15. The highest BCUT2D eigenvalue weighted by molar-refractivity contribution is 5.75. The van der Waals surface area contributed by atoms with E-state index in [-0.39, 0.29) is 5.78 Å². The lowest BCUT2D eigenvalue weighted by molar-refractivity contribution is -0.117. The number of aryl methyl sites for hydroxylation is 1. The number of hydrogen-bond donors (Lipinski definition) is 0. The molecule has 0 aromatic heterocycles. The molecule has 0 radical (unpaired) electrons. The Morgan fingerprint density at radius 3 is 2.19 bits per heavy atom. The smallest absolute Gasteiger partial charge is 0.129 e. The van der Waals surface area contributed by atoms with Gasteiger partial charge < -0.3 is 4.79 Å². The van der Waals surface area contributed by atoms with E-state index < -0.39 is 0 Å².